The van der Waals surface area contributed by atoms with Crippen LogP contribution in [0.5, 0.6) is 0 Å². The van der Waals surface area contributed by atoms with Gasteiger partial charge in [-0.15, -0.1) is 10.2 Å². The SMILES string of the molecule is CN1C[C@@H]2CN(Cc3nncn3C)C[C@]2(C(=O)O)C1. The van der Waals surface area contributed by atoms with Crippen molar-refractivity contribution in [3.63, 3.8) is 0 Å². The number of hydrogen-bond donors (Lipinski definition) is 1. The molecule has 0 aliphatic carbocycles. The van der Waals surface area contributed by atoms with E-state index in [1.165, 1.54) is 0 Å². The Morgan fingerprint density at radius 1 is 1.47 bits per heavy atom. The molecule has 3 rings (SSSR count). The highest BCUT2D eigenvalue weighted by atomic mass is 16.4. The van der Waals surface area contributed by atoms with Crippen molar-refractivity contribution >= 4 is 5.97 Å². The Hall–Kier alpha value is -1.47. The lowest BCUT2D eigenvalue weighted by atomic mass is 9.81. The Labute approximate surface area is 111 Å². The first-order chi connectivity index (χ1) is 9.01. The lowest BCUT2D eigenvalue weighted by Crippen LogP contribution is -2.40. The molecular weight excluding hydrogens is 246 g/mol. The number of carbonyl (C=O) groups is 1. The molecule has 0 radical (unpaired) electrons. The number of aromatic nitrogens is 3. The Morgan fingerprint density at radius 2 is 2.26 bits per heavy atom. The third-order valence-corrected chi connectivity index (χ3v) is 4.45. The van der Waals surface area contributed by atoms with Gasteiger partial charge >= 0.3 is 5.97 Å². The third-order valence-electron chi connectivity index (χ3n) is 4.45. The van der Waals surface area contributed by atoms with E-state index in [0.717, 1.165) is 18.9 Å². The number of likely N-dealkylation sites (tertiary alicyclic amines) is 2. The van der Waals surface area contributed by atoms with Gasteiger partial charge in [0.2, 0.25) is 0 Å². The van der Waals surface area contributed by atoms with Gasteiger partial charge in [0.15, 0.2) is 0 Å². The molecule has 3 heterocycles. The first-order valence-corrected chi connectivity index (χ1v) is 6.48. The number of rotatable bonds is 3. The van der Waals surface area contributed by atoms with Gasteiger partial charge in [0.05, 0.1) is 12.0 Å². The quantitative estimate of drug-likeness (QED) is 0.776. The van der Waals surface area contributed by atoms with Gasteiger partial charge < -0.3 is 14.6 Å². The molecule has 1 aromatic heterocycles. The molecule has 1 aromatic rings. The van der Waals surface area contributed by atoms with Gasteiger partial charge in [-0.3, -0.25) is 9.69 Å². The number of aliphatic carboxylic acids is 1. The smallest absolute Gasteiger partial charge is 0.312 e. The normalized spacial score (nSPS) is 31.8. The maximum Gasteiger partial charge on any atom is 0.312 e. The van der Waals surface area contributed by atoms with Crippen molar-refractivity contribution in [2.45, 2.75) is 6.54 Å². The van der Waals surface area contributed by atoms with E-state index in [9.17, 15) is 9.90 Å². The summed E-state index contributed by atoms with van der Waals surface area (Å²) in [5.41, 5.74) is -0.604. The molecule has 0 aromatic carbocycles. The molecular formula is C12H19N5O2. The monoisotopic (exact) mass is 265 g/mol. The zero-order chi connectivity index (χ0) is 13.6. The number of carboxylic acids is 1. The summed E-state index contributed by atoms with van der Waals surface area (Å²) in [7, 11) is 3.91. The largest absolute Gasteiger partial charge is 0.481 e. The topological polar surface area (TPSA) is 74.5 Å². The van der Waals surface area contributed by atoms with Gasteiger partial charge in [-0.25, -0.2) is 0 Å². The van der Waals surface area contributed by atoms with Crippen molar-refractivity contribution in [2.75, 3.05) is 33.2 Å². The highest BCUT2D eigenvalue weighted by molar-refractivity contribution is 5.77. The highest BCUT2D eigenvalue weighted by Gasteiger charge is 2.56. The second-order valence-corrected chi connectivity index (χ2v) is 5.88. The van der Waals surface area contributed by atoms with Crippen molar-refractivity contribution < 1.29 is 9.90 Å². The molecule has 2 atom stereocenters. The van der Waals surface area contributed by atoms with Crippen molar-refractivity contribution in [1.29, 1.82) is 0 Å². The molecule has 0 unspecified atom stereocenters. The van der Waals surface area contributed by atoms with Crippen molar-refractivity contribution in [3.05, 3.63) is 12.2 Å². The molecule has 104 valence electrons. The van der Waals surface area contributed by atoms with Crippen LogP contribution in [-0.4, -0.2) is 68.9 Å². The van der Waals surface area contributed by atoms with Crippen LogP contribution in [0.2, 0.25) is 0 Å². The lowest BCUT2D eigenvalue weighted by Gasteiger charge is -2.23. The predicted molar refractivity (Wildman–Crippen MR) is 67.3 cm³/mol. The molecule has 0 spiro atoms. The molecule has 19 heavy (non-hydrogen) atoms. The van der Waals surface area contributed by atoms with Crippen LogP contribution in [-0.2, 0) is 18.4 Å². The molecule has 7 heteroatoms. The Bertz CT molecular complexity index is 502. The number of hydrogen-bond acceptors (Lipinski definition) is 5. The van der Waals surface area contributed by atoms with Crippen LogP contribution in [0.15, 0.2) is 6.33 Å². The molecule has 1 N–H and O–H groups in total. The van der Waals surface area contributed by atoms with E-state index in [1.807, 2.05) is 18.7 Å². The van der Waals surface area contributed by atoms with Gasteiger partial charge in [-0.2, -0.15) is 0 Å². The molecule has 0 amide bonds. The number of carboxylic acid groups (broad SMARTS) is 1. The maximum atomic E-state index is 11.7. The Morgan fingerprint density at radius 3 is 2.84 bits per heavy atom. The van der Waals surface area contributed by atoms with Crippen LogP contribution in [0.4, 0.5) is 0 Å². The summed E-state index contributed by atoms with van der Waals surface area (Å²) in [6, 6.07) is 0. The zero-order valence-electron chi connectivity index (χ0n) is 11.3. The van der Waals surface area contributed by atoms with Gasteiger partial charge in [0, 0.05) is 39.1 Å². The first-order valence-electron chi connectivity index (χ1n) is 6.48. The average molecular weight is 265 g/mol. The predicted octanol–water partition coefficient (Wildman–Crippen LogP) is -0.737. The number of nitrogens with zero attached hydrogens (tertiary/aromatic N) is 5. The second-order valence-electron chi connectivity index (χ2n) is 5.88. The van der Waals surface area contributed by atoms with E-state index >= 15 is 0 Å². The summed E-state index contributed by atoms with van der Waals surface area (Å²) < 4.78 is 1.88. The van der Waals surface area contributed by atoms with E-state index in [0.29, 0.717) is 19.6 Å². The molecule has 0 saturated carbocycles. The highest BCUT2D eigenvalue weighted by Crippen LogP contribution is 2.42. The van der Waals surface area contributed by atoms with Crippen molar-refractivity contribution in [1.82, 2.24) is 24.6 Å². The van der Waals surface area contributed by atoms with E-state index in [4.69, 9.17) is 0 Å². The molecule has 2 aliphatic heterocycles. The van der Waals surface area contributed by atoms with Gasteiger partial charge in [-0.1, -0.05) is 0 Å². The number of aryl methyl sites for hydroxylation is 1. The van der Waals surface area contributed by atoms with E-state index in [2.05, 4.69) is 20.0 Å². The van der Waals surface area contributed by atoms with Crippen LogP contribution < -0.4 is 0 Å². The van der Waals surface area contributed by atoms with Crippen molar-refractivity contribution in [2.24, 2.45) is 18.4 Å². The van der Waals surface area contributed by atoms with Crippen molar-refractivity contribution in [3.8, 4) is 0 Å². The number of fused-ring (bicyclic) bond motifs is 1. The molecule has 2 aliphatic rings. The third kappa shape index (κ3) is 1.93. The van der Waals surface area contributed by atoms with E-state index in [-0.39, 0.29) is 5.92 Å². The average Bonchev–Trinajstić information content (AvgIpc) is 2.93. The first kappa shape index (κ1) is 12.6. The second kappa shape index (κ2) is 4.28. The summed E-state index contributed by atoms with van der Waals surface area (Å²) in [4.78, 5) is 16.0. The van der Waals surface area contributed by atoms with Crippen LogP contribution in [0.1, 0.15) is 5.82 Å². The molecule has 2 fully saturated rings. The summed E-state index contributed by atoms with van der Waals surface area (Å²) in [6.45, 7) is 3.60. The fraction of sp³-hybridized carbons (Fsp3) is 0.750. The lowest BCUT2D eigenvalue weighted by molar-refractivity contribution is -0.148. The minimum Gasteiger partial charge on any atom is -0.481 e. The maximum absolute atomic E-state index is 11.7. The Balaban J connectivity index is 1.76. The summed E-state index contributed by atoms with van der Waals surface area (Å²) in [6.07, 6.45) is 1.67. The van der Waals surface area contributed by atoms with Gasteiger partial charge in [0.1, 0.15) is 12.2 Å². The van der Waals surface area contributed by atoms with E-state index < -0.39 is 11.4 Å². The summed E-state index contributed by atoms with van der Waals surface area (Å²) in [5, 5.41) is 17.5. The Kier molecular flexibility index (Phi) is 2.83. The zero-order valence-corrected chi connectivity index (χ0v) is 11.3. The molecule has 7 nitrogen and oxygen atoms in total. The summed E-state index contributed by atoms with van der Waals surface area (Å²) in [5.74, 6) is 0.430. The van der Waals surface area contributed by atoms with Crippen LogP contribution in [0, 0.1) is 11.3 Å². The van der Waals surface area contributed by atoms with Gasteiger partial charge in [0.25, 0.3) is 0 Å². The fourth-order valence-corrected chi connectivity index (χ4v) is 3.49. The fourth-order valence-electron chi connectivity index (χ4n) is 3.49. The van der Waals surface area contributed by atoms with Crippen LogP contribution in [0.25, 0.3) is 0 Å². The molecule has 0 bridgehead atoms. The molecule has 2 saturated heterocycles. The van der Waals surface area contributed by atoms with Crippen LogP contribution >= 0.6 is 0 Å². The standard InChI is InChI=1S/C12H19N5O2/c1-15-3-9-4-17(5-10-14-13-8-16(10)2)7-12(9,6-15)11(18)19/h8-9H,3-7H2,1-2H3,(H,18,19)/t9-,12-/m1/s1. The van der Waals surface area contributed by atoms with Crippen LogP contribution in [0.3, 0.4) is 0 Å². The van der Waals surface area contributed by atoms with Gasteiger partial charge in [-0.05, 0) is 7.05 Å². The van der Waals surface area contributed by atoms with E-state index in [1.54, 1.807) is 6.33 Å². The summed E-state index contributed by atoms with van der Waals surface area (Å²) >= 11 is 0. The minimum absolute atomic E-state index is 0.211. The minimum atomic E-state index is -0.665.